The van der Waals surface area contributed by atoms with Gasteiger partial charge >= 0.3 is 0 Å². The Morgan fingerprint density at radius 1 is 1.18 bits per heavy atom. The van der Waals surface area contributed by atoms with Crippen LogP contribution in [0.5, 0.6) is 0 Å². The summed E-state index contributed by atoms with van der Waals surface area (Å²) in [7, 11) is -2.88. The van der Waals surface area contributed by atoms with Gasteiger partial charge in [0.1, 0.15) is 9.84 Å². The lowest BCUT2D eigenvalue weighted by molar-refractivity contribution is 0.575. The maximum Gasteiger partial charge on any atom is 0.148 e. The van der Waals surface area contributed by atoms with Crippen LogP contribution in [0.4, 0.5) is 0 Å². The summed E-state index contributed by atoms with van der Waals surface area (Å²) in [6, 6.07) is 6.57. The molecule has 1 N–H and O–H groups in total. The molecular weight excluding hydrogens is 234 g/mol. The van der Waals surface area contributed by atoms with E-state index < -0.39 is 9.84 Å². The van der Waals surface area contributed by atoms with Gasteiger partial charge in [-0.25, -0.2) is 8.42 Å². The fourth-order valence-corrected chi connectivity index (χ4v) is 2.33. The highest BCUT2D eigenvalue weighted by Gasteiger charge is 2.07. The van der Waals surface area contributed by atoms with Crippen LogP contribution in [0, 0.1) is 13.8 Å². The van der Waals surface area contributed by atoms with Gasteiger partial charge in [0.15, 0.2) is 0 Å². The number of hydrogen-bond donors (Lipinski definition) is 1. The van der Waals surface area contributed by atoms with E-state index in [-0.39, 0.29) is 11.8 Å². The molecule has 0 bridgehead atoms. The lowest BCUT2D eigenvalue weighted by Crippen LogP contribution is -2.25. The molecule has 1 unspecified atom stereocenters. The molecule has 0 aromatic heterocycles. The standard InChI is InChI=1S/C13H21NO2S/c1-10-7-11(2)9-13(8-10)12(3)14-5-6-17(4,15)16/h7-9,12,14H,5-6H2,1-4H3. The van der Waals surface area contributed by atoms with E-state index in [4.69, 9.17) is 0 Å². The molecule has 0 spiro atoms. The predicted octanol–water partition coefficient (Wildman–Crippen LogP) is 2.00. The average molecular weight is 255 g/mol. The van der Waals surface area contributed by atoms with Gasteiger partial charge in [-0.2, -0.15) is 0 Å². The van der Waals surface area contributed by atoms with Crippen molar-refractivity contribution >= 4 is 9.84 Å². The average Bonchev–Trinajstić information content (AvgIpc) is 2.13. The maximum absolute atomic E-state index is 11.0. The molecule has 96 valence electrons. The summed E-state index contributed by atoms with van der Waals surface area (Å²) in [5, 5.41) is 3.23. The van der Waals surface area contributed by atoms with E-state index in [9.17, 15) is 8.42 Å². The van der Waals surface area contributed by atoms with Crippen molar-refractivity contribution < 1.29 is 8.42 Å². The summed E-state index contributed by atoms with van der Waals surface area (Å²) < 4.78 is 22.0. The summed E-state index contributed by atoms with van der Waals surface area (Å²) in [5.41, 5.74) is 3.67. The predicted molar refractivity (Wildman–Crippen MR) is 72.0 cm³/mol. The van der Waals surface area contributed by atoms with Crippen molar-refractivity contribution in [3.63, 3.8) is 0 Å². The second kappa shape index (κ2) is 5.65. The summed E-state index contributed by atoms with van der Waals surface area (Å²) in [6.07, 6.45) is 1.26. The van der Waals surface area contributed by atoms with Crippen LogP contribution in [0.1, 0.15) is 29.7 Å². The SMILES string of the molecule is Cc1cc(C)cc(C(C)NCCS(C)(=O)=O)c1. The molecule has 0 aliphatic carbocycles. The van der Waals surface area contributed by atoms with Crippen molar-refractivity contribution in [2.24, 2.45) is 0 Å². The van der Waals surface area contributed by atoms with Crippen LogP contribution in [0.25, 0.3) is 0 Å². The van der Waals surface area contributed by atoms with Gasteiger partial charge in [0.25, 0.3) is 0 Å². The van der Waals surface area contributed by atoms with Gasteiger partial charge in [-0.15, -0.1) is 0 Å². The zero-order valence-corrected chi connectivity index (χ0v) is 11.8. The first kappa shape index (κ1) is 14.2. The van der Waals surface area contributed by atoms with Gasteiger partial charge in [0, 0.05) is 18.8 Å². The summed E-state index contributed by atoms with van der Waals surface area (Å²) in [4.78, 5) is 0. The Hall–Kier alpha value is -0.870. The molecule has 0 heterocycles. The number of nitrogens with one attached hydrogen (secondary N) is 1. The highest BCUT2D eigenvalue weighted by molar-refractivity contribution is 7.90. The number of sulfone groups is 1. The Labute approximate surface area is 104 Å². The number of aryl methyl sites for hydroxylation is 2. The quantitative estimate of drug-likeness (QED) is 0.875. The first-order valence-corrected chi connectivity index (χ1v) is 7.83. The molecule has 1 rings (SSSR count). The van der Waals surface area contributed by atoms with Crippen molar-refractivity contribution in [3.8, 4) is 0 Å². The molecule has 0 saturated carbocycles. The third kappa shape index (κ3) is 5.33. The Bertz CT molecular complexity index is 460. The molecule has 3 nitrogen and oxygen atoms in total. The van der Waals surface area contributed by atoms with Gasteiger partial charge in [0.05, 0.1) is 5.75 Å². The van der Waals surface area contributed by atoms with E-state index in [2.05, 4.69) is 44.3 Å². The zero-order valence-electron chi connectivity index (χ0n) is 10.9. The monoisotopic (exact) mass is 255 g/mol. The molecule has 0 saturated heterocycles. The largest absolute Gasteiger partial charge is 0.309 e. The third-order valence-electron chi connectivity index (χ3n) is 2.67. The lowest BCUT2D eigenvalue weighted by atomic mass is 10.0. The Morgan fingerprint density at radius 2 is 1.71 bits per heavy atom. The maximum atomic E-state index is 11.0. The van der Waals surface area contributed by atoms with E-state index in [1.807, 2.05) is 0 Å². The highest BCUT2D eigenvalue weighted by Crippen LogP contribution is 2.16. The van der Waals surface area contributed by atoms with Crippen molar-refractivity contribution in [1.29, 1.82) is 0 Å². The summed E-state index contributed by atoms with van der Waals surface area (Å²) in [6.45, 7) is 6.68. The summed E-state index contributed by atoms with van der Waals surface area (Å²) in [5.74, 6) is 0.183. The van der Waals surface area contributed by atoms with Crippen LogP contribution in [0.15, 0.2) is 18.2 Å². The molecule has 0 fully saturated rings. The van der Waals surface area contributed by atoms with E-state index in [1.54, 1.807) is 0 Å². The fraction of sp³-hybridized carbons (Fsp3) is 0.538. The zero-order chi connectivity index (χ0) is 13.1. The van der Waals surface area contributed by atoms with Gasteiger partial charge in [-0.05, 0) is 26.3 Å². The van der Waals surface area contributed by atoms with Crippen LogP contribution in [0.3, 0.4) is 0 Å². The lowest BCUT2D eigenvalue weighted by Gasteiger charge is -2.15. The van der Waals surface area contributed by atoms with Gasteiger partial charge in [-0.1, -0.05) is 29.3 Å². The van der Waals surface area contributed by atoms with E-state index in [1.165, 1.54) is 22.9 Å². The molecule has 0 amide bonds. The number of rotatable bonds is 5. The first-order chi connectivity index (χ1) is 7.78. The van der Waals surface area contributed by atoms with Crippen molar-refractivity contribution in [1.82, 2.24) is 5.32 Å². The molecular formula is C13H21NO2S. The molecule has 0 aliphatic rings. The smallest absolute Gasteiger partial charge is 0.148 e. The van der Waals surface area contributed by atoms with E-state index in [0.717, 1.165) is 0 Å². The van der Waals surface area contributed by atoms with Crippen LogP contribution in [-0.2, 0) is 9.84 Å². The van der Waals surface area contributed by atoms with Crippen LogP contribution in [-0.4, -0.2) is 27.0 Å². The van der Waals surface area contributed by atoms with Crippen LogP contribution >= 0.6 is 0 Å². The Morgan fingerprint density at radius 3 is 2.18 bits per heavy atom. The molecule has 0 radical (unpaired) electrons. The number of benzene rings is 1. The third-order valence-corrected chi connectivity index (χ3v) is 3.61. The van der Waals surface area contributed by atoms with Gasteiger partial charge in [0.2, 0.25) is 0 Å². The van der Waals surface area contributed by atoms with Crippen LogP contribution in [0.2, 0.25) is 0 Å². The van der Waals surface area contributed by atoms with Crippen molar-refractivity contribution in [2.75, 3.05) is 18.6 Å². The molecule has 4 heteroatoms. The van der Waals surface area contributed by atoms with Gasteiger partial charge < -0.3 is 5.32 Å². The van der Waals surface area contributed by atoms with Crippen molar-refractivity contribution in [2.45, 2.75) is 26.8 Å². The minimum Gasteiger partial charge on any atom is -0.309 e. The summed E-state index contributed by atoms with van der Waals surface area (Å²) >= 11 is 0. The molecule has 17 heavy (non-hydrogen) atoms. The van der Waals surface area contributed by atoms with Gasteiger partial charge in [-0.3, -0.25) is 0 Å². The second-order valence-corrected chi connectivity index (χ2v) is 6.99. The highest BCUT2D eigenvalue weighted by atomic mass is 32.2. The molecule has 1 atom stereocenters. The molecule has 1 aromatic carbocycles. The first-order valence-electron chi connectivity index (χ1n) is 5.77. The van der Waals surface area contributed by atoms with E-state index >= 15 is 0 Å². The Kier molecular flexibility index (Phi) is 4.71. The molecule has 1 aromatic rings. The van der Waals surface area contributed by atoms with E-state index in [0.29, 0.717) is 6.54 Å². The minimum absolute atomic E-state index is 0.176. The second-order valence-electron chi connectivity index (χ2n) is 4.73. The Balaban J connectivity index is 2.61. The minimum atomic E-state index is -2.88. The van der Waals surface area contributed by atoms with Crippen molar-refractivity contribution in [3.05, 3.63) is 34.9 Å². The topological polar surface area (TPSA) is 46.2 Å². The normalized spacial score (nSPS) is 13.6. The molecule has 0 aliphatic heterocycles. The van der Waals surface area contributed by atoms with Crippen LogP contribution < -0.4 is 5.32 Å². The fourth-order valence-electron chi connectivity index (χ4n) is 1.84. The number of hydrogen-bond acceptors (Lipinski definition) is 3.